The van der Waals surface area contributed by atoms with Gasteiger partial charge in [0.25, 0.3) is 0 Å². The fraction of sp³-hybridized carbons (Fsp3) is 0.250. The molecule has 0 atom stereocenters. The molecule has 0 fully saturated rings. The summed E-state index contributed by atoms with van der Waals surface area (Å²) in [4.78, 5) is 0. The molecule has 3 heteroatoms. The van der Waals surface area contributed by atoms with Gasteiger partial charge in [0.05, 0.1) is 7.11 Å². The predicted octanol–water partition coefficient (Wildman–Crippen LogP) is 2.16. The number of anilines is 1. The predicted molar refractivity (Wildman–Crippen MR) is 49.8 cm³/mol. The van der Waals surface area contributed by atoms with Crippen LogP contribution < -0.4 is 10.1 Å². The second-order valence-electron chi connectivity index (χ2n) is 1.98. The zero-order valence-electron chi connectivity index (χ0n) is 6.63. The molecular weight excluding hydrogens is 162 g/mol. The Labute approximate surface area is 73.0 Å². The molecule has 1 rings (SSSR count). The van der Waals surface area contributed by atoms with E-state index in [1.54, 1.807) is 7.11 Å². The van der Waals surface area contributed by atoms with Crippen molar-refractivity contribution in [3.05, 3.63) is 24.3 Å². The fourth-order valence-corrected chi connectivity index (χ4v) is 0.758. The highest BCUT2D eigenvalue weighted by atomic mass is 35.5. The number of ether oxygens (including phenoxy) is 1. The van der Waals surface area contributed by atoms with Gasteiger partial charge < -0.3 is 10.1 Å². The lowest BCUT2D eigenvalue weighted by Gasteiger charge is -2.00. The van der Waals surface area contributed by atoms with Crippen LogP contribution in [0.15, 0.2) is 24.3 Å². The van der Waals surface area contributed by atoms with E-state index in [1.807, 2.05) is 31.3 Å². The largest absolute Gasteiger partial charge is 0.497 e. The van der Waals surface area contributed by atoms with Crippen LogP contribution in [0.25, 0.3) is 0 Å². The van der Waals surface area contributed by atoms with E-state index in [-0.39, 0.29) is 12.4 Å². The number of methoxy groups -OCH3 is 1. The monoisotopic (exact) mass is 173 g/mol. The molecule has 62 valence electrons. The third-order valence-corrected chi connectivity index (χ3v) is 1.38. The van der Waals surface area contributed by atoms with E-state index in [9.17, 15) is 0 Å². The Morgan fingerprint density at radius 3 is 2.09 bits per heavy atom. The minimum Gasteiger partial charge on any atom is -0.497 e. The molecule has 0 unspecified atom stereocenters. The minimum absolute atomic E-state index is 0. The molecule has 1 N–H and O–H groups in total. The third kappa shape index (κ3) is 2.68. The third-order valence-electron chi connectivity index (χ3n) is 1.38. The molecule has 0 saturated carbocycles. The van der Waals surface area contributed by atoms with Gasteiger partial charge in [0.15, 0.2) is 0 Å². The number of benzene rings is 1. The van der Waals surface area contributed by atoms with Crippen molar-refractivity contribution in [3.8, 4) is 5.75 Å². The van der Waals surface area contributed by atoms with E-state index < -0.39 is 0 Å². The fourth-order valence-electron chi connectivity index (χ4n) is 0.758. The number of hydrogen-bond acceptors (Lipinski definition) is 2. The van der Waals surface area contributed by atoms with Crippen molar-refractivity contribution in [2.24, 2.45) is 0 Å². The van der Waals surface area contributed by atoms with E-state index in [1.165, 1.54) is 0 Å². The standard InChI is InChI=1S/C8H11NO.ClH/c1-9-7-3-5-8(10-2)6-4-7;/h3-6,9H,1-2H3;1H. The van der Waals surface area contributed by atoms with Gasteiger partial charge in [-0.05, 0) is 24.3 Å². The Morgan fingerprint density at radius 1 is 1.18 bits per heavy atom. The quantitative estimate of drug-likeness (QED) is 0.740. The van der Waals surface area contributed by atoms with Crippen molar-refractivity contribution in [1.29, 1.82) is 0 Å². The van der Waals surface area contributed by atoms with Gasteiger partial charge in [0.1, 0.15) is 5.75 Å². The van der Waals surface area contributed by atoms with Gasteiger partial charge in [-0.15, -0.1) is 12.4 Å². The van der Waals surface area contributed by atoms with E-state index in [2.05, 4.69) is 5.32 Å². The Morgan fingerprint density at radius 2 is 1.73 bits per heavy atom. The molecule has 0 spiro atoms. The molecule has 0 aliphatic carbocycles. The molecule has 2 nitrogen and oxygen atoms in total. The number of nitrogens with one attached hydrogen (secondary N) is 1. The topological polar surface area (TPSA) is 21.3 Å². The Hall–Kier alpha value is -0.890. The van der Waals surface area contributed by atoms with Crippen LogP contribution in [0.5, 0.6) is 5.75 Å². The molecule has 0 radical (unpaired) electrons. The van der Waals surface area contributed by atoms with Gasteiger partial charge in [-0.2, -0.15) is 0 Å². The summed E-state index contributed by atoms with van der Waals surface area (Å²) < 4.78 is 4.99. The Bertz CT molecular complexity index is 175. The average Bonchev–Trinajstić information content (AvgIpc) is 2.05. The molecule has 1 aromatic rings. The van der Waals surface area contributed by atoms with Crippen molar-refractivity contribution < 1.29 is 4.74 Å². The van der Waals surface area contributed by atoms with E-state index in [0.29, 0.717) is 0 Å². The maximum atomic E-state index is 4.99. The maximum Gasteiger partial charge on any atom is 0.119 e. The van der Waals surface area contributed by atoms with Crippen molar-refractivity contribution in [2.75, 3.05) is 19.5 Å². The lowest BCUT2D eigenvalue weighted by atomic mass is 10.3. The van der Waals surface area contributed by atoms with Crippen molar-refractivity contribution in [2.45, 2.75) is 0 Å². The van der Waals surface area contributed by atoms with Crippen LogP contribution in [0.3, 0.4) is 0 Å². The van der Waals surface area contributed by atoms with Crippen molar-refractivity contribution in [1.82, 2.24) is 0 Å². The minimum atomic E-state index is 0. The highest BCUT2D eigenvalue weighted by Gasteiger charge is 1.88. The zero-order chi connectivity index (χ0) is 7.40. The molecule has 0 aliphatic rings. The first-order chi connectivity index (χ1) is 4.86. The first-order valence-corrected chi connectivity index (χ1v) is 3.18. The van der Waals surface area contributed by atoms with Crippen LogP contribution in [0.2, 0.25) is 0 Å². The van der Waals surface area contributed by atoms with Crippen LogP contribution in [0, 0.1) is 0 Å². The van der Waals surface area contributed by atoms with Crippen LogP contribution in [-0.4, -0.2) is 14.2 Å². The zero-order valence-corrected chi connectivity index (χ0v) is 7.44. The van der Waals surface area contributed by atoms with Crippen molar-refractivity contribution >= 4 is 18.1 Å². The summed E-state index contributed by atoms with van der Waals surface area (Å²) in [6.45, 7) is 0. The highest BCUT2D eigenvalue weighted by molar-refractivity contribution is 5.85. The van der Waals surface area contributed by atoms with E-state index in [4.69, 9.17) is 4.74 Å². The normalized spacial score (nSPS) is 8.18. The summed E-state index contributed by atoms with van der Waals surface area (Å²) >= 11 is 0. The van der Waals surface area contributed by atoms with Crippen molar-refractivity contribution in [3.63, 3.8) is 0 Å². The van der Waals surface area contributed by atoms with Crippen LogP contribution in [0.1, 0.15) is 0 Å². The van der Waals surface area contributed by atoms with Gasteiger partial charge in [-0.1, -0.05) is 0 Å². The maximum absolute atomic E-state index is 4.99. The van der Waals surface area contributed by atoms with E-state index in [0.717, 1.165) is 11.4 Å². The van der Waals surface area contributed by atoms with Gasteiger partial charge in [0, 0.05) is 12.7 Å². The van der Waals surface area contributed by atoms with Crippen LogP contribution in [-0.2, 0) is 0 Å². The first kappa shape index (κ1) is 10.1. The molecule has 0 bridgehead atoms. The van der Waals surface area contributed by atoms with Gasteiger partial charge in [-0.3, -0.25) is 0 Å². The summed E-state index contributed by atoms with van der Waals surface area (Å²) in [6.07, 6.45) is 0. The smallest absolute Gasteiger partial charge is 0.119 e. The second-order valence-corrected chi connectivity index (χ2v) is 1.98. The summed E-state index contributed by atoms with van der Waals surface area (Å²) in [5, 5.41) is 3.02. The van der Waals surface area contributed by atoms with E-state index >= 15 is 0 Å². The molecular formula is C8H12ClNO. The summed E-state index contributed by atoms with van der Waals surface area (Å²) in [5.41, 5.74) is 1.10. The average molecular weight is 174 g/mol. The van der Waals surface area contributed by atoms with Crippen LogP contribution >= 0.6 is 12.4 Å². The summed E-state index contributed by atoms with van der Waals surface area (Å²) in [7, 11) is 3.55. The Balaban J connectivity index is 0.000001000. The summed E-state index contributed by atoms with van der Waals surface area (Å²) in [5.74, 6) is 0.888. The number of hydrogen-bond donors (Lipinski definition) is 1. The van der Waals surface area contributed by atoms with Gasteiger partial charge in [0.2, 0.25) is 0 Å². The van der Waals surface area contributed by atoms with Crippen LogP contribution in [0.4, 0.5) is 5.69 Å². The number of halogens is 1. The lowest BCUT2D eigenvalue weighted by molar-refractivity contribution is 0.415. The molecule has 0 amide bonds. The molecule has 11 heavy (non-hydrogen) atoms. The lowest BCUT2D eigenvalue weighted by Crippen LogP contribution is -1.87. The summed E-state index contributed by atoms with van der Waals surface area (Å²) in [6, 6.07) is 7.79. The van der Waals surface area contributed by atoms with Gasteiger partial charge in [-0.25, -0.2) is 0 Å². The number of rotatable bonds is 2. The molecule has 0 aliphatic heterocycles. The SMILES string of the molecule is CNc1ccc(OC)cc1.Cl. The second kappa shape index (κ2) is 4.85. The Kier molecular flexibility index (Phi) is 4.46. The van der Waals surface area contributed by atoms with Gasteiger partial charge >= 0.3 is 0 Å². The first-order valence-electron chi connectivity index (χ1n) is 3.18. The molecule has 1 aromatic carbocycles. The highest BCUT2D eigenvalue weighted by Crippen LogP contribution is 2.13. The molecule has 0 heterocycles. The molecule has 0 saturated heterocycles. The molecule has 0 aromatic heterocycles.